The molecular formula is C22H19FN4O3. The topological polar surface area (TPSA) is 100 Å². The zero-order valence-electron chi connectivity index (χ0n) is 16.1. The molecule has 0 fully saturated rings. The van der Waals surface area contributed by atoms with Gasteiger partial charge >= 0.3 is 0 Å². The van der Waals surface area contributed by atoms with E-state index in [1.807, 2.05) is 6.07 Å². The molecule has 0 unspecified atom stereocenters. The second kappa shape index (κ2) is 8.30. The molecule has 0 bridgehead atoms. The number of aromatic amines is 1. The average Bonchev–Trinajstić information content (AvgIpc) is 3.22. The van der Waals surface area contributed by atoms with Crippen molar-refractivity contribution in [1.82, 2.24) is 15.0 Å². The summed E-state index contributed by atoms with van der Waals surface area (Å²) in [5.74, 6) is 0.729. The van der Waals surface area contributed by atoms with Crippen molar-refractivity contribution in [1.29, 1.82) is 0 Å². The van der Waals surface area contributed by atoms with Crippen LogP contribution in [0.25, 0.3) is 22.3 Å². The molecule has 0 spiro atoms. The summed E-state index contributed by atoms with van der Waals surface area (Å²) < 4.78 is 18.6. The van der Waals surface area contributed by atoms with Gasteiger partial charge in [-0.2, -0.15) is 0 Å². The van der Waals surface area contributed by atoms with Crippen molar-refractivity contribution in [2.75, 3.05) is 19.0 Å². The number of carbonyl (C=O) groups excluding carboxylic acids is 1. The second-order valence-corrected chi connectivity index (χ2v) is 6.68. The van der Waals surface area contributed by atoms with Crippen LogP contribution < -0.4 is 10.1 Å². The number of aliphatic hydroxyl groups is 1. The van der Waals surface area contributed by atoms with Crippen LogP contribution in [0.15, 0.2) is 54.9 Å². The third-order valence-electron chi connectivity index (χ3n) is 4.84. The normalized spacial score (nSPS) is 12.0. The molecule has 4 aromatic rings. The number of anilines is 1. The van der Waals surface area contributed by atoms with Gasteiger partial charge in [0, 0.05) is 11.1 Å². The van der Waals surface area contributed by atoms with Gasteiger partial charge in [-0.05, 0) is 35.9 Å². The van der Waals surface area contributed by atoms with Gasteiger partial charge in [0.1, 0.15) is 35.6 Å². The number of methoxy groups -OCH3 is 1. The van der Waals surface area contributed by atoms with E-state index in [2.05, 4.69) is 20.3 Å². The van der Waals surface area contributed by atoms with Gasteiger partial charge in [-0.1, -0.05) is 18.2 Å². The minimum Gasteiger partial charge on any atom is -0.496 e. The smallest absolute Gasteiger partial charge is 0.150 e. The molecular weight excluding hydrogens is 387 g/mol. The molecule has 152 valence electrons. The molecule has 0 aliphatic rings. The molecule has 2 aromatic heterocycles. The van der Waals surface area contributed by atoms with E-state index < -0.39 is 6.04 Å². The zero-order valence-corrected chi connectivity index (χ0v) is 16.1. The summed E-state index contributed by atoms with van der Waals surface area (Å²) in [7, 11) is 1.54. The lowest BCUT2D eigenvalue weighted by Crippen LogP contribution is -2.15. The number of fused-ring (bicyclic) bond motifs is 1. The number of rotatable bonds is 7. The number of halogens is 1. The van der Waals surface area contributed by atoms with E-state index in [0.29, 0.717) is 22.8 Å². The Labute approximate surface area is 171 Å². The minimum absolute atomic E-state index is 0.199. The van der Waals surface area contributed by atoms with E-state index in [4.69, 9.17) is 4.74 Å². The van der Waals surface area contributed by atoms with Gasteiger partial charge < -0.3 is 20.1 Å². The molecule has 0 amide bonds. The number of hydrogen-bond acceptors (Lipinski definition) is 6. The SMILES string of the molecule is COc1cc(C=O)ccc1-c1cc2c(N[C@H](CO)c3ccc(F)cc3)ncnc2[nH]1. The molecule has 8 heteroatoms. The number of aromatic nitrogens is 3. The van der Waals surface area contributed by atoms with Crippen LogP contribution in [0.2, 0.25) is 0 Å². The van der Waals surface area contributed by atoms with Crippen LogP contribution >= 0.6 is 0 Å². The van der Waals surface area contributed by atoms with Crippen LogP contribution in [0.4, 0.5) is 10.2 Å². The molecule has 30 heavy (non-hydrogen) atoms. The predicted octanol–water partition coefficient (Wildman–Crippen LogP) is 3.73. The minimum atomic E-state index is -0.469. The van der Waals surface area contributed by atoms with Crippen LogP contribution in [-0.4, -0.2) is 40.1 Å². The second-order valence-electron chi connectivity index (χ2n) is 6.68. The van der Waals surface area contributed by atoms with Crippen LogP contribution in [0.1, 0.15) is 22.0 Å². The lowest BCUT2D eigenvalue weighted by molar-refractivity contribution is 0.112. The van der Waals surface area contributed by atoms with Crippen molar-refractivity contribution >= 4 is 23.1 Å². The number of nitrogens with zero attached hydrogens (tertiary/aromatic N) is 2. The first-order valence-electron chi connectivity index (χ1n) is 9.23. The Balaban J connectivity index is 1.72. The van der Waals surface area contributed by atoms with E-state index in [1.165, 1.54) is 25.6 Å². The molecule has 3 N–H and O–H groups in total. The highest BCUT2D eigenvalue weighted by molar-refractivity contribution is 5.92. The highest BCUT2D eigenvalue weighted by Crippen LogP contribution is 2.34. The van der Waals surface area contributed by atoms with E-state index in [-0.39, 0.29) is 12.4 Å². The summed E-state index contributed by atoms with van der Waals surface area (Å²) in [6, 6.07) is 12.5. The first kappa shape index (κ1) is 19.5. The summed E-state index contributed by atoms with van der Waals surface area (Å²) in [6.07, 6.45) is 2.17. The zero-order chi connectivity index (χ0) is 21.1. The molecule has 0 saturated carbocycles. The van der Waals surface area contributed by atoms with Crippen LogP contribution in [0.3, 0.4) is 0 Å². The maximum atomic E-state index is 13.2. The van der Waals surface area contributed by atoms with Gasteiger partial charge in [0.2, 0.25) is 0 Å². The Hall–Kier alpha value is -3.78. The standard InChI is InChI=1S/C22H19FN4O3/c1-30-20-8-13(10-28)2-7-16(20)18-9-17-21(26-18)24-12-25-22(17)27-19(11-29)14-3-5-15(23)6-4-14/h2-10,12,19,29H,11H2,1H3,(H2,24,25,26,27)/t19-/m1/s1. The molecule has 2 aromatic carbocycles. The Kier molecular flexibility index (Phi) is 5.40. The van der Waals surface area contributed by atoms with E-state index in [0.717, 1.165) is 28.5 Å². The summed E-state index contributed by atoms with van der Waals surface area (Å²) in [5, 5.41) is 13.7. The van der Waals surface area contributed by atoms with Crippen molar-refractivity contribution in [2.24, 2.45) is 0 Å². The molecule has 7 nitrogen and oxygen atoms in total. The molecule has 4 rings (SSSR count). The highest BCUT2D eigenvalue weighted by Gasteiger charge is 2.16. The maximum absolute atomic E-state index is 13.2. The molecule has 0 aliphatic heterocycles. The molecule has 0 aliphatic carbocycles. The van der Waals surface area contributed by atoms with Crippen molar-refractivity contribution in [2.45, 2.75) is 6.04 Å². The van der Waals surface area contributed by atoms with Gasteiger partial charge in [-0.3, -0.25) is 4.79 Å². The fourth-order valence-electron chi connectivity index (χ4n) is 3.30. The lowest BCUT2D eigenvalue weighted by Gasteiger charge is -2.17. The largest absolute Gasteiger partial charge is 0.496 e. The number of nitrogens with one attached hydrogen (secondary N) is 2. The van der Waals surface area contributed by atoms with Crippen LogP contribution in [0.5, 0.6) is 5.75 Å². The summed E-state index contributed by atoms with van der Waals surface area (Å²) in [6.45, 7) is -0.199. The third kappa shape index (κ3) is 3.72. The van der Waals surface area contributed by atoms with Crippen LogP contribution in [-0.2, 0) is 0 Å². The quantitative estimate of drug-likeness (QED) is 0.405. The van der Waals surface area contributed by atoms with Gasteiger partial charge in [-0.15, -0.1) is 0 Å². The number of aliphatic hydroxyl groups excluding tert-OH is 1. The summed E-state index contributed by atoms with van der Waals surface area (Å²) in [5.41, 5.74) is 3.35. The first-order chi connectivity index (χ1) is 14.6. The number of hydrogen-bond donors (Lipinski definition) is 3. The van der Waals surface area contributed by atoms with Crippen molar-refractivity contribution in [3.63, 3.8) is 0 Å². The van der Waals surface area contributed by atoms with Gasteiger partial charge in [0.05, 0.1) is 30.8 Å². The number of ether oxygens (including phenoxy) is 1. The third-order valence-corrected chi connectivity index (χ3v) is 4.84. The first-order valence-corrected chi connectivity index (χ1v) is 9.23. The Morgan fingerprint density at radius 1 is 1.20 bits per heavy atom. The van der Waals surface area contributed by atoms with E-state index in [1.54, 1.807) is 30.3 Å². The monoisotopic (exact) mass is 406 g/mol. The summed E-state index contributed by atoms with van der Waals surface area (Å²) in [4.78, 5) is 22.9. The summed E-state index contributed by atoms with van der Waals surface area (Å²) >= 11 is 0. The molecule has 0 saturated heterocycles. The maximum Gasteiger partial charge on any atom is 0.150 e. The van der Waals surface area contributed by atoms with E-state index >= 15 is 0 Å². The van der Waals surface area contributed by atoms with Crippen molar-refractivity contribution < 1.29 is 19.0 Å². The molecule has 1 atom stereocenters. The van der Waals surface area contributed by atoms with Gasteiger partial charge in [0.15, 0.2) is 0 Å². The lowest BCUT2D eigenvalue weighted by atomic mass is 10.1. The Bertz CT molecular complexity index is 1190. The fourth-order valence-corrected chi connectivity index (χ4v) is 3.30. The van der Waals surface area contributed by atoms with Gasteiger partial charge in [0.25, 0.3) is 0 Å². The predicted molar refractivity (Wildman–Crippen MR) is 111 cm³/mol. The Morgan fingerprint density at radius 2 is 2.00 bits per heavy atom. The molecule has 0 radical (unpaired) electrons. The Morgan fingerprint density at radius 3 is 2.70 bits per heavy atom. The molecule has 2 heterocycles. The fraction of sp³-hybridized carbons (Fsp3) is 0.136. The number of aldehydes is 1. The van der Waals surface area contributed by atoms with E-state index in [9.17, 15) is 14.3 Å². The highest BCUT2D eigenvalue weighted by atomic mass is 19.1. The number of H-pyrrole nitrogens is 1. The van der Waals surface area contributed by atoms with Crippen molar-refractivity contribution in [3.05, 3.63) is 71.8 Å². The van der Waals surface area contributed by atoms with Gasteiger partial charge in [-0.25, -0.2) is 14.4 Å². The number of carbonyl (C=O) groups is 1. The number of benzene rings is 2. The van der Waals surface area contributed by atoms with Crippen LogP contribution in [0, 0.1) is 5.82 Å². The average molecular weight is 406 g/mol. The van der Waals surface area contributed by atoms with Crippen molar-refractivity contribution in [3.8, 4) is 17.0 Å².